The molecule has 1 aromatic carbocycles. The van der Waals surface area contributed by atoms with Gasteiger partial charge in [0.1, 0.15) is 5.82 Å². The fourth-order valence-electron chi connectivity index (χ4n) is 4.04. The highest BCUT2D eigenvalue weighted by molar-refractivity contribution is 6.42. The van der Waals surface area contributed by atoms with E-state index >= 15 is 0 Å². The van der Waals surface area contributed by atoms with Gasteiger partial charge in [-0.3, -0.25) is 14.6 Å². The van der Waals surface area contributed by atoms with Crippen LogP contribution in [0.4, 0.5) is 5.82 Å². The van der Waals surface area contributed by atoms with Crippen LogP contribution in [0, 0.1) is 5.92 Å². The summed E-state index contributed by atoms with van der Waals surface area (Å²) in [6.07, 6.45) is 6.67. The molecule has 0 bridgehead atoms. The Morgan fingerprint density at radius 2 is 1.77 bits per heavy atom. The molecule has 2 amide bonds. The number of carbonyl (C=O) groups is 2. The van der Waals surface area contributed by atoms with Crippen LogP contribution >= 0.6 is 23.2 Å². The van der Waals surface area contributed by atoms with E-state index in [1.165, 1.54) is 0 Å². The Bertz CT molecular complexity index is 919. The zero-order valence-corrected chi connectivity index (χ0v) is 18.0. The van der Waals surface area contributed by atoms with Crippen LogP contribution in [0.2, 0.25) is 10.0 Å². The molecule has 0 saturated carbocycles. The fourth-order valence-corrected chi connectivity index (χ4v) is 4.34. The summed E-state index contributed by atoms with van der Waals surface area (Å²) in [7, 11) is 0. The molecule has 30 heavy (non-hydrogen) atoms. The average Bonchev–Trinajstić information content (AvgIpc) is 2.80. The van der Waals surface area contributed by atoms with Gasteiger partial charge in [-0.2, -0.15) is 0 Å². The predicted octanol–water partition coefficient (Wildman–Crippen LogP) is 2.98. The van der Waals surface area contributed by atoms with E-state index < -0.39 is 0 Å². The van der Waals surface area contributed by atoms with Crippen molar-refractivity contribution in [3.8, 4) is 0 Å². The van der Waals surface area contributed by atoms with Gasteiger partial charge in [0, 0.05) is 57.2 Å². The Kier molecular flexibility index (Phi) is 6.39. The summed E-state index contributed by atoms with van der Waals surface area (Å²) < 4.78 is 0. The number of anilines is 1. The molecule has 9 heteroatoms. The van der Waals surface area contributed by atoms with Crippen LogP contribution < -0.4 is 4.90 Å². The number of piperazine rings is 1. The monoisotopic (exact) mass is 447 g/mol. The first-order valence-corrected chi connectivity index (χ1v) is 10.8. The molecule has 1 unspecified atom stereocenters. The predicted molar refractivity (Wildman–Crippen MR) is 116 cm³/mol. The molecule has 0 aliphatic carbocycles. The molecule has 4 rings (SSSR count). The lowest BCUT2D eigenvalue weighted by Crippen LogP contribution is -2.53. The lowest BCUT2D eigenvalue weighted by atomic mass is 9.95. The highest BCUT2D eigenvalue weighted by Gasteiger charge is 2.33. The minimum Gasteiger partial charge on any atom is -0.352 e. The smallest absolute Gasteiger partial charge is 0.253 e. The van der Waals surface area contributed by atoms with Crippen molar-refractivity contribution in [2.24, 2.45) is 5.92 Å². The van der Waals surface area contributed by atoms with E-state index in [0.29, 0.717) is 41.8 Å². The van der Waals surface area contributed by atoms with Crippen LogP contribution in [0.25, 0.3) is 0 Å². The molecule has 1 atom stereocenters. The first kappa shape index (κ1) is 20.9. The number of carbonyl (C=O) groups excluding carboxylic acids is 2. The van der Waals surface area contributed by atoms with Crippen LogP contribution in [-0.2, 0) is 4.79 Å². The number of halogens is 2. The zero-order valence-electron chi connectivity index (χ0n) is 16.5. The Morgan fingerprint density at radius 1 is 0.967 bits per heavy atom. The molecular weight excluding hydrogens is 425 g/mol. The van der Waals surface area contributed by atoms with Crippen LogP contribution in [0.1, 0.15) is 23.2 Å². The minimum atomic E-state index is -0.173. The van der Waals surface area contributed by atoms with Gasteiger partial charge in [-0.25, -0.2) is 4.98 Å². The summed E-state index contributed by atoms with van der Waals surface area (Å²) in [4.78, 5) is 40.2. The van der Waals surface area contributed by atoms with Crippen LogP contribution in [0.15, 0.2) is 36.8 Å². The van der Waals surface area contributed by atoms with E-state index in [0.717, 1.165) is 31.7 Å². The lowest BCUT2D eigenvalue weighted by Gasteiger charge is -2.39. The van der Waals surface area contributed by atoms with Gasteiger partial charge in [-0.1, -0.05) is 23.2 Å². The normalized spacial score (nSPS) is 19.7. The quantitative estimate of drug-likeness (QED) is 0.722. The van der Waals surface area contributed by atoms with Crippen molar-refractivity contribution in [2.45, 2.75) is 12.8 Å². The second-order valence-electron chi connectivity index (χ2n) is 7.60. The number of nitrogens with zero attached hydrogens (tertiary/aromatic N) is 5. The van der Waals surface area contributed by atoms with E-state index in [1.54, 1.807) is 41.7 Å². The van der Waals surface area contributed by atoms with E-state index in [2.05, 4.69) is 14.9 Å². The molecule has 0 radical (unpaired) electrons. The molecule has 158 valence electrons. The molecule has 2 fully saturated rings. The van der Waals surface area contributed by atoms with Gasteiger partial charge in [0.25, 0.3) is 5.91 Å². The number of rotatable bonds is 3. The number of likely N-dealkylation sites (tertiary alicyclic amines) is 1. The molecule has 2 saturated heterocycles. The fraction of sp³-hybridized carbons (Fsp3) is 0.429. The molecule has 2 aliphatic rings. The Balaban J connectivity index is 1.35. The first-order chi connectivity index (χ1) is 14.5. The minimum absolute atomic E-state index is 0.112. The third-order valence-electron chi connectivity index (χ3n) is 5.69. The van der Waals surface area contributed by atoms with Gasteiger partial charge < -0.3 is 14.7 Å². The van der Waals surface area contributed by atoms with Crippen LogP contribution in [-0.4, -0.2) is 70.9 Å². The highest BCUT2D eigenvalue weighted by atomic mass is 35.5. The summed E-state index contributed by atoms with van der Waals surface area (Å²) in [5, 5.41) is 0.772. The summed E-state index contributed by atoms with van der Waals surface area (Å²) in [6, 6.07) is 4.89. The largest absolute Gasteiger partial charge is 0.352 e. The van der Waals surface area contributed by atoms with E-state index in [1.807, 2.05) is 4.90 Å². The second kappa shape index (κ2) is 9.18. The van der Waals surface area contributed by atoms with Gasteiger partial charge in [0.15, 0.2) is 0 Å². The summed E-state index contributed by atoms with van der Waals surface area (Å²) in [5.74, 6) is 0.674. The van der Waals surface area contributed by atoms with Crippen molar-refractivity contribution in [1.82, 2.24) is 19.8 Å². The molecule has 1 aromatic heterocycles. The van der Waals surface area contributed by atoms with Gasteiger partial charge in [0.05, 0.1) is 22.2 Å². The maximum atomic E-state index is 13.1. The van der Waals surface area contributed by atoms with Crippen molar-refractivity contribution in [1.29, 1.82) is 0 Å². The summed E-state index contributed by atoms with van der Waals surface area (Å²) >= 11 is 12.0. The zero-order chi connectivity index (χ0) is 21.1. The van der Waals surface area contributed by atoms with Crippen molar-refractivity contribution in [3.63, 3.8) is 0 Å². The Hall–Kier alpha value is -2.38. The number of piperidine rings is 1. The van der Waals surface area contributed by atoms with E-state index in [-0.39, 0.29) is 17.7 Å². The van der Waals surface area contributed by atoms with E-state index in [4.69, 9.17) is 23.2 Å². The third-order valence-corrected chi connectivity index (χ3v) is 6.43. The third kappa shape index (κ3) is 4.52. The standard InChI is InChI=1S/C21H23Cl2N5O2/c22-17-4-3-15(12-18(17)23)20(29)28-7-1-2-16(14-28)21(30)27-10-8-26(9-11-27)19-13-24-5-6-25-19/h3-6,12-13,16H,1-2,7-11,14H2. The number of benzene rings is 1. The van der Waals surface area contributed by atoms with Crippen molar-refractivity contribution in [2.75, 3.05) is 44.2 Å². The van der Waals surface area contributed by atoms with Gasteiger partial charge >= 0.3 is 0 Å². The molecule has 2 aliphatic heterocycles. The van der Waals surface area contributed by atoms with E-state index in [9.17, 15) is 9.59 Å². The van der Waals surface area contributed by atoms with Crippen LogP contribution in [0.5, 0.6) is 0 Å². The average molecular weight is 448 g/mol. The molecule has 0 spiro atoms. The number of amides is 2. The number of hydrogen-bond acceptors (Lipinski definition) is 5. The first-order valence-electron chi connectivity index (χ1n) is 10.1. The van der Waals surface area contributed by atoms with Gasteiger partial charge in [-0.15, -0.1) is 0 Å². The topological polar surface area (TPSA) is 69.6 Å². The number of aromatic nitrogens is 2. The maximum Gasteiger partial charge on any atom is 0.253 e. The van der Waals surface area contributed by atoms with Gasteiger partial charge in [-0.05, 0) is 31.0 Å². The van der Waals surface area contributed by atoms with Crippen LogP contribution in [0.3, 0.4) is 0 Å². The Labute approximate surface area is 185 Å². The Morgan fingerprint density at radius 3 is 2.47 bits per heavy atom. The molecule has 3 heterocycles. The maximum absolute atomic E-state index is 13.1. The SMILES string of the molecule is O=C(c1ccc(Cl)c(Cl)c1)N1CCCC(C(=O)N2CCN(c3cnccn3)CC2)C1. The summed E-state index contributed by atoms with van der Waals surface area (Å²) in [5.41, 5.74) is 0.495. The molecule has 7 nitrogen and oxygen atoms in total. The lowest BCUT2D eigenvalue weighted by molar-refractivity contribution is -0.137. The van der Waals surface area contributed by atoms with Crippen molar-refractivity contribution in [3.05, 3.63) is 52.4 Å². The molecule has 0 N–H and O–H groups in total. The molecule has 2 aromatic rings. The molecular formula is C21H23Cl2N5O2. The second-order valence-corrected chi connectivity index (χ2v) is 8.41. The van der Waals surface area contributed by atoms with Crippen molar-refractivity contribution >= 4 is 40.8 Å². The van der Waals surface area contributed by atoms with Gasteiger partial charge in [0.2, 0.25) is 5.91 Å². The van der Waals surface area contributed by atoms with Crippen molar-refractivity contribution < 1.29 is 9.59 Å². The highest BCUT2D eigenvalue weighted by Crippen LogP contribution is 2.26. The summed E-state index contributed by atoms with van der Waals surface area (Å²) in [6.45, 7) is 3.82. The number of hydrogen-bond donors (Lipinski definition) is 0.